The van der Waals surface area contributed by atoms with E-state index >= 15 is 0 Å². The first-order chi connectivity index (χ1) is 8.08. The highest BCUT2D eigenvalue weighted by atomic mass is 79.9. The van der Waals surface area contributed by atoms with E-state index in [0.717, 1.165) is 11.3 Å². The molecule has 0 unspecified atom stereocenters. The zero-order chi connectivity index (χ0) is 12.4. The van der Waals surface area contributed by atoms with Crippen molar-refractivity contribution in [2.24, 2.45) is 0 Å². The van der Waals surface area contributed by atoms with Crippen LogP contribution in [0.4, 0.5) is 0 Å². The van der Waals surface area contributed by atoms with E-state index in [9.17, 15) is 9.59 Å². The molecular formula is C10H7BrN2O3S. The highest BCUT2D eigenvalue weighted by Crippen LogP contribution is 2.10. The van der Waals surface area contributed by atoms with Crippen molar-refractivity contribution in [3.8, 4) is 0 Å². The maximum absolute atomic E-state index is 11.7. The SMILES string of the molecule is O=C(O)c1nc(Cn2cccc(Br)c2=O)cs1. The van der Waals surface area contributed by atoms with Crippen LogP contribution in [0.25, 0.3) is 0 Å². The van der Waals surface area contributed by atoms with Crippen molar-refractivity contribution in [3.63, 3.8) is 0 Å². The monoisotopic (exact) mass is 314 g/mol. The first kappa shape index (κ1) is 12.0. The second-order valence-corrected chi connectivity index (χ2v) is 4.95. The topological polar surface area (TPSA) is 72.2 Å². The molecule has 88 valence electrons. The normalized spacial score (nSPS) is 10.4. The van der Waals surface area contributed by atoms with E-state index in [1.165, 1.54) is 4.57 Å². The fourth-order valence-electron chi connectivity index (χ4n) is 1.28. The molecule has 0 spiro atoms. The summed E-state index contributed by atoms with van der Waals surface area (Å²) in [6, 6.07) is 3.39. The molecule has 0 radical (unpaired) electrons. The summed E-state index contributed by atoms with van der Waals surface area (Å²) in [5.74, 6) is -1.05. The number of carboxylic acid groups (broad SMARTS) is 1. The summed E-state index contributed by atoms with van der Waals surface area (Å²) in [6.45, 7) is 0.266. The maximum Gasteiger partial charge on any atom is 0.365 e. The summed E-state index contributed by atoms with van der Waals surface area (Å²) in [6.07, 6.45) is 1.63. The number of hydrogen-bond donors (Lipinski definition) is 1. The predicted molar refractivity (Wildman–Crippen MR) is 66.6 cm³/mol. The maximum atomic E-state index is 11.7. The largest absolute Gasteiger partial charge is 0.476 e. The smallest absolute Gasteiger partial charge is 0.365 e. The second-order valence-electron chi connectivity index (χ2n) is 3.24. The summed E-state index contributed by atoms with van der Waals surface area (Å²) in [5.41, 5.74) is 0.393. The average Bonchev–Trinajstić information content (AvgIpc) is 2.73. The molecule has 2 rings (SSSR count). The molecule has 2 aromatic rings. The second kappa shape index (κ2) is 4.80. The molecule has 0 bridgehead atoms. The summed E-state index contributed by atoms with van der Waals surface area (Å²) < 4.78 is 1.93. The molecule has 0 saturated heterocycles. The van der Waals surface area contributed by atoms with Gasteiger partial charge in [-0.3, -0.25) is 4.79 Å². The van der Waals surface area contributed by atoms with E-state index in [2.05, 4.69) is 20.9 Å². The van der Waals surface area contributed by atoms with E-state index < -0.39 is 5.97 Å². The molecule has 0 saturated carbocycles. The van der Waals surface area contributed by atoms with Gasteiger partial charge in [0, 0.05) is 11.6 Å². The number of halogens is 1. The van der Waals surface area contributed by atoms with Crippen LogP contribution in [0.1, 0.15) is 15.5 Å². The molecule has 1 N–H and O–H groups in total. The fraction of sp³-hybridized carbons (Fsp3) is 0.100. The van der Waals surface area contributed by atoms with E-state index in [1.807, 2.05) is 0 Å². The molecule has 2 aromatic heterocycles. The third-order valence-corrected chi connectivity index (χ3v) is 3.52. The first-order valence-electron chi connectivity index (χ1n) is 4.60. The van der Waals surface area contributed by atoms with Crippen LogP contribution in [0.15, 0.2) is 33.0 Å². The number of rotatable bonds is 3. The Hall–Kier alpha value is -1.47. The van der Waals surface area contributed by atoms with E-state index in [0.29, 0.717) is 10.2 Å². The Kier molecular flexibility index (Phi) is 3.39. The standard InChI is InChI=1S/C10H7BrN2O3S/c11-7-2-1-3-13(9(7)14)4-6-5-17-8(12-6)10(15)16/h1-3,5H,4H2,(H,15,16). The highest BCUT2D eigenvalue weighted by Gasteiger charge is 2.09. The molecule has 0 amide bonds. The average molecular weight is 315 g/mol. The van der Waals surface area contributed by atoms with Crippen LogP contribution in [-0.4, -0.2) is 20.6 Å². The molecule has 17 heavy (non-hydrogen) atoms. The van der Waals surface area contributed by atoms with Gasteiger partial charge in [0.2, 0.25) is 5.01 Å². The molecule has 0 fully saturated rings. The molecule has 5 nitrogen and oxygen atoms in total. The fourth-order valence-corrected chi connectivity index (χ4v) is 2.31. The van der Waals surface area contributed by atoms with Crippen LogP contribution in [0, 0.1) is 0 Å². The van der Waals surface area contributed by atoms with Crippen LogP contribution < -0.4 is 5.56 Å². The zero-order valence-corrected chi connectivity index (χ0v) is 10.9. The Labute approximate surface area is 108 Å². The van der Waals surface area contributed by atoms with Crippen LogP contribution in [-0.2, 0) is 6.54 Å². The van der Waals surface area contributed by atoms with Gasteiger partial charge in [0.05, 0.1) is 16.7 Å². The summed E-state index contributed by atoms with van der Waals surface area (Å²) >= 11 is 4.19. The minimum Gasteiger partial charge on any atom is -0.476 e. The lowest BCUT2D eigenvalue weighted by Crippen LogP contribution is -2.20. The molecule has 0 aliphatic rings. The molecule has 2 heterocycles. The number of nitrogens with zero attached hydrogens (tertiary/aromatic N) is 2. The third kappa shape index (κ3) is 2.62. The molecule has 7 heteroatoms. The van der Waals surface area contributed by atoms with Gasteiger partial charge in [-0.15, -0.1) is 11.3 Å². The highest BCUT2D eigenvalue weighted by molar-refractivity contribution is 9.10. The molecular weight excluding hydrogens is 308 g/mol. The van der Waals surface area contributed by atoms with Crippen molar-refractivity contribution >= 4 is 33.2 Å². The van der Waals surface area contributed by atoms with Gasteiger partial charge in [0.1, 0.15) is 0 Å². The molecule has 0 aromatic carbocycles. The van der Waals surface area contributed by atoms with Crippen molar-refractivity contribution in [3.05, 3.63) is 49.2 Å². The van der Waals surface area contributed by atoms with Gasteiger partial charge < -0.3 is 9.67 Å². The number of aromatic nitrogens is 2. The summed E-state index contributed by atoms with van der Waals surface area (Å²) in [7, 11) is 0. The first-order valence-corrected chi connectivity index (χ1v) is 6.28. The van der Waals surface area contributed by atoms with Gasteiger partial charge in [-0.05, 0) is 28.1 Å². The van der Waals surface area contributed by atoms with E-state index in [-0.39, 0.29) is 17.1 Å². The van der Waals surface area contributed by atoms with Crippen molar-refractivity contribution in [2.45, 2.75) is 6.54 Å². The zero-order valence-electron chi connectivity index (χ0n) is 8.46. The minimum absolute atomic E-state index is 0.0306. The number of hydrogen-bond acceptors (Lipinski definition) is 4. The van der Waals surface area contributed by atoms with Crippen molar-refractivity contribution in [1.29, 1.82) is 0 Å². The van der Waals surface area contributed by atoms with Crippen LogP contribution >= 0.6 is 27.3 Å². The van der Waals surface area contributed by atoms with Crippen LogP contribution in [0.5, 0.6) is 0 Å². The van der Waals surface area contributed by atoms with E-state index in [4.69, 9.17) is 5.11 Å². The number of pyridine rings is 1. The lowest BCUT2D eigenvalue weighted by molar-refractivity contribution is 0.0696. The Bertz CT molecular complexity index is 620. The minimum atomic E-state index is -1.05. The predicted octanol–water partition coefficient (Wildman–Crippen LogP) is 1.81. The lowest BCUT2D eigenvalue weighted by Gasteiger charge is -2.02. The van der Waals surface area contributed by atoms with Crippen molar-refractivity contribution < 1.29 is 9.90 Å². The summed E-state index contributed by atoms with van der Waals surface area (Å²) in [5, 5.41) is 10.4. The van der Waals surface area contributed by atoms with Gasteiger partial charge in [-0.1, -0.05) is 0 Å². The Morgan fingerprint density at radius 1 is 1.59 bits per heavy atom. The number of thiazole rings is 1. The van der Waals surface area contributed by atoms with E-state index in [1.54, 1.807) is 23.7 Å². The van der Waals surface area contributed by atoms with Gasteiger partial charge in [-0.2, -0.15) is 0 Å². The Balaban J connectivity index is 2.28. The van der Waals surface area contributed by atoms with Crippen LogP contribution in [0.3, 0.4) is 0 Å². The lowest BCUT2D eigenvalue weighted by atomic mass is 10.4. The Morgan fingerprint density at radius 2 is 2.35 bits per heavy atom. The number of carboxylic acids is 1. The Morgan fingerprint density at radius 3 is 3.00 bits per heavy atom. The molecule has 0 atom stereocenters. The molecule has 0 aliphatic carbocycles. The van der Waals surface area contributed by atoms with Gasteiger partial charge in [0.25, 0.3) is 5.56 Å². The van der Waals surface area contributed by atoms with Crippen LogP contribution in [0.2, 0.25) is 0 Å². The third-order valence-electron chi connectivity index (χ3n) is 2.04. The van der Waals surface area contributed by atoms with Gasteiger partial charge in [0.15, 0.2) is 0 Å². The van der Waals surface area contributed by atoms with Gasteiger partial charge >= 0.3 is 5.97 Å². The van der Waals surface area contributed by atoms with Crippen molar-refractivity contribution in [1.82, 2.24) is 9.55 Å². The van der Waals surface area contributed by atoms with Gasteiger partial charge in [-0.25, -0.2) is 9.78 Å². The number of carbonyl (C=O) groups is 1. The number of aromatic carboxylic acids is 1. The quantitative estimate of drug-likeness (QED) is 0.938. The molecule has 0 aliphatic heterocycles. The van der Waals surface area contributed by atoms with Crippen molar-refractivity contribution in [2.75, 3.05) is 0 Å². The summed E-state index contributed by atoms with van der Waals surface area (Å²) in [4.78, 5) is 26.3.